The summed E-state index contributed by atoms with van der Waals surface area (Å²) in [6, 6.07) is -1.58. The molecule has 4 N–H and O–H groups in total. The summed E-state index contributed by atoms with van der Waals surface area (Å²) in [4.78, 5) is 22.5. The van der Waals surface area contributed by atoms with Gasteiger partial charge in [0.1, 0.15) is 6.04 Å². The molecular weight excluding hydrogens is 224 g/mol. The van der Waals surface area contributed by atoms with E-state index < -0.39 is 24.0 Å². The number of nitrogens with two attached hydrogens (primary N) is 1. The first-order valence-electron chi connectivity index (χ1n) is 5.67. The summed E-state index contributed by atoms with van der Waals surface area (Å²) in [7, 11) is 1.54. The zero-order chi connectivity index (χ0) is 13.4. The van der Waals surface area contributed by atoms with Crippen molar-refractivity contribution in [1.82, 2.24) is 5.32 Å². The van der Waals surface area contributed by atoms with Gasteiger partial charge in [-0.25, -0.2) is 4.79 Å². The predicted molar refractivity (Wildman–Crippen MR) is 63.5 cm³/mol. The molecule has 1 unspecified atom stereocenters. The van der Waals surface area contributed by atoms with Gasteiger partial charge in [-0.3, -0.25) is 4.79 Å². The smallest absolute Gasteiger partial charge is 0.326 e. The van der Waals surface area contributed by atoms with E-state index in [0.29, 0.717) is 19.4 Å². The summed E-state index contributed by atoms with van der Waals surface area (Å²) >= 11 is 0. The molecular formula is C11H22N2O4. The van der Waals surface area contributed by atoms with Gasteiger partial charge in [0.15, 0.2) is 0 Å². The molecule has 2 atom stereocenters. The van der Waals surface area contributed by atoms with Crippen molar-refractivity contribution in [3.63, 3.8) is 0 Å². The van der Waals surface area contributed by atoms with Crippen molar-refractivity contribution in [2.24, 2.45) is 11.7 Å². The highest BCUT2D eigenvalue weighted by molar-refractivity contribution is 5.86. The average Bonchev–Trinajstić information content (AvgIpc) is 2.26. The summed E-state index contributed by atoms with van der Waals surface area (Å²) < 4.78 is 4.83. The van der Waals surface area contributed by atoms with Crippen LogP contribution >= 0.6 is 0 Å². The Balaban J connectivity index is 4.25. The van der Waals surface area contributed by atoms with Crippen LogP contribution in [-0.4, -0.2) is 42.8 Å². The lowest BCUT2D eigenvalue weighted by molar-refractivity contribution is -0.142. The number of amides is 1. The largest absolute Gasteiger partial charge is 0.480 e. The number of carbonyl (C=O) groups excluding carboxylic acids is 1. The van der Waals surface area contributed by atoms with Crippen LogP contribution in [0.2, 0.25) is 0 Å². The minimum Gasteiger partial charge on any atom is -0.480 e. The standard InChI is InChI=1S/C11H22N2O4/c1-7(2)9(12)10(14)13-8(11(15)16)5-4-6-17-3/h7-9H,4-6,12H2,1-3H3,(H,13,14)(H,15,16)/t8?,9-/m1/s1. The van der Waals surface area contributed by atoms with E-state index in [1.54, 1.807) is 7.11 Å². The van der Waals surface area contributed by atoms with Crippen molar-refractivity contribution >= 4 is 11.9 Å². The lowest BCUT2D eigenvalue weighted by Gasteiger charge is -2.19. The molecule has 0 saturated carbocycles. The summed E-state index contributed by atoms with van der Waals surface area (Å²) in [5.74, 6) is -1.50. The van der Waals surface area contributed by atoms with Crippen LogP contribution in [0.3, 0.4) is 0 Å². The van der Waals surface area contributed by atoms with Crippen LogP contribution in [0.1, 0.15) is 26.7 Å². The molecule has 6 heteroatoms. The highest BCUT2D eigenvalue weighted by Crippen LogP contribution is 2.02. The Kier molecular flexibility index (Phi) is 7.49. The predicted octanol–water partition coefficient (Wildman–Crippen LogP) is -0.0343. The van der Waals surface area contributed by atoms with Gasteiger partial charge in [0, 0.05) is 13.7 Å². The SMILES string of the molecule is COCCCC(NC(=O)[C@H](N)C(C)C)C(=O)O. The molecule has 0 aromatic rings. The number of nitrogens with one attached hydrogen (secondary N) is 1. The van der Waals surface area contributed by atoms with Crippen LogP contribution < -0.4 is 11.1 Å². The summed E-state index contributed by atoms with van der Waals surface area (Å²) in [5, 5.41) is 11.4. The van der Waals surface area contributed by atoms with E-state index in [4.69, 9.17) is 15.6 Å². The van der Waals surface area contributed by atoms with Gasteiger partial charge in [0.25, 0.3) is 0 Å². The third-order valence-electron chi connectivity index (χ3n) is 2.48. The highest BCUT2D eigenvalue weighted by Gasteiger charge is 2.24. The van der Waals surface area contributed by atoms with Crippen molar-refractivity contribution in [3.8, 4) is 0 Å². The molecule has 1 amide bonds. The van der Waals surface area contributed by atoms with Gasteiger partial charge in [0.2, 0.25) is 5.91 Å². The minimum atomic E-state index is -1.05. The number of carboxylic acids is 1. The number of ether oxygens (including phenoxy) is 1. The number of methoxy groups -OCH3 is 1. The number of hydrogen-bond acceptors (Lipinski definition) is 4. The highest BCUT2D eigenvalue weighted by atomic mass is 16.5. The molecule has 0 bridgehead atoms. The molecule has 100 valence electrons. The fourth-order valence-corrected chi connectivity index (χ4v) is 1.26. The number of carboxylic acid groups (broad SMARTS) is 1. The van der Waals surface area contributed by atoms with E-state index in [-0.39, 0.29) is 5.92 Å². The molecule has 0 saturated heterocycles. The number of hydrogen-bond donors (Lipinski definition) is 3. The second-order valence-electron chi connectivity index (χ2n) is 4.30. The molecule has 0 rings (SSSR count). The summed E-state index contributed by atoms with van der Waals surface area (Å²) in [6.07, 6.45) is 0.907. The van der Waals surface area contributed by atoms with E-state index in [2.05, 4.69) is 5.32 Å². The number of carbonyl (C=O) groups is 2. The molecule has 0 aromatic heterocycles. The Hall–Kier alpha value is -1.14. The van der Waals surface area contributed by atoms with Gasteiger partial charge in [-0.15, -0.1) is 0 Å². The van der Waals surface area contributed by atoms with Crippen LogP contribution in [0.15, 0.2) is 0 Å². The third kappa shape index (κ3) is 6.23. The van der Waals surface area contributed by atoms with Crippen LogP contribution in [0.4, 0.5) is 0 Å². The van der Waals surface area contributed by atoms with Gasteiger partial charge in [-0.2, -0.15) is 0 Å². The molecule has 17 heavy (non-hydrogen) atoms. The Labute approximate surface area is 102 Å². The molecule has 6 nitrogen and oxygen atoms in total. The molecule has 0 spiro atoms. The average molecular weight is 246 g/mol. The maximum absolute atomic E-state index is 11.6. The van der Waals surface area contributed by atoms with E-state index in [0.717, 1.165) is 0 Å². The molecule has 0 fully saturated rings. The zero-order valence-corrected chi connectivity index (χ0v) is 10.6. The molecule has 0 radical (unpaired) electrons. The van der Waals surface area contributed by atoms with Crippen molar-refractivity contribution < 1.29 is 19.4 Å². The maximum atomic E-state index is 11.6. The molecule has 0 aromatic carbocycles. The van der Waals surface area contributed by atoms with Crippen LogP contribution in [-0.2, 0) is 14.3 Å². The van der Waals surface area contributed by atoms with Crippen molar-refractivity contribution in [2.75, 3.05) is 13.7 Å². The molecule has 0 aliphatic carbocycles. The third-order valence-corrected chi connectivity index (χ3v) is 2.48. The topological polar surface area (TPSA) is 102 Å². The second kappa shape index (κ2) is 8.03. The van der Waals surface area contributed by atoms with E-state index in [9.17, 15) is 9.59 Å². The fraction of sp³-hybridized carbons (Fsp3) is 0.818. The quantitative estimate of drug-likeness (QED) is 0.522. The Bertz CT molecular complexity index is 256. The van der Waals surface area contributed by atoms with Crippen molar-refractivity contribution in [3.05, 3.63) is 0 Å². The first-order chi connectivity index (χ1) is 7.90. The minimum absolute atomic E-state index is 0.0246. The van der Waals surface area contributed by atoms with Gasteiger partial charge in [0.05, 0.1) is 6.04 Å². The summed E-state index contributed by atoms with van der Waals surface area (Å²) in [5.41, 5.74) is 5.63. The first-order valence-corrected chi connectivity index (χ1v) is 5.67. The second-order valence-corrected chi connectivity index (χ2v) is 4.30. The van der Waals surface area contributed by atoms with E-state index in [1.165, 1.54) is 0 Å². The van der Waals surface area contributed by atoms with Crippen LogP contribution in [0.25, 0.3) is 0 Å². The Morgan fingerprint density at radius 3 is 2.41 bits per heavy atom. The Morgan fingerprint density at radius 2 is 2.00 bits per heavy atom. The van der Waals surface area contributed by atoms with Gasteiger partial charge >= 0.3 is 5.97 Å². The lowest BCUT2D eigenvalue weighted by atomic mass is 10.0. The lowest BCUT2D eigenvalue weighted by Crippen LogP contribution is -2.50. The molecule has 0 aliphatic heterocycles. The van der Waals surface area contributed by atoms with Crippen molar-refractivity contribution in [1.29, 1.82) is 0 Å². The Morgan fingerprint density at radius 1 is 1.41 bits per heavy atom. The van der Waals surface area contributed by atoms with Crippen LogP contribution in [0.5, 0.6) is 0 Å². The fourth-order valence-electron chi connectivity index (χ4n) is 1.26. The number of aliphatic carboxylic acids is 1. The van der Waals surface area contributed by atoms with Crippen LogP contribution in [0, 0.1) is 5.92 Å². The summed E-state index contributed by atoms with van der Waals surface area (Å²) in [6.45, 7) is 4.09. The number of rotatable bonds is 8. The molecule has 0 aliphatic rings. The zero-order valence-electron chi connectivity index (χ0n) is 10.6. The van der Waals surface area contributed by atoms with Crippen molar-refractivity contribution in [2.45, 2.75) is 38.8 Å². The normalized spacial score (nSPS) is 14.4. The van der Waals surface area contributed by atoms with E-state index >= 15 is 0 Å². The van der Waals surface area contributed by atoms with E-state index in [1.807, 2.05) is 13.8 Å². The first kappa shape index (κ1) is 15.9. The molecule has 0 heterocycles. The van der Waals surface area contributed by atoms with Gasteiger partial charge in [-0.05, 0) is 18.8 Å². The monoisotopic (exact) mass is 246 g/mol. The van der Waals surface area contributed by atoms with Gasteiger partial charge in [-0.1, -0.05) is 13.8 Å². The maximum Gasteiger partial charge on any atom is 0.326 e. The van der Waals surface area contributed by atoms with Gasteiger partial charge < -0.3 is 20.9 Å².